The molecule has 0 fully saturated rings. The highest BCUT2D eigenvalue weighted by molar-refractivity contribution is 7.13. The Morgan fingerprint density at radius 3 is 2.67 bits per heavy atom. The standard InChI is InChI=1S/C22H23ClN4O2S/c1-15(16-7-3-2-4-8-16)14-24-19(28)11-6-12-20-26-27-22(30-20)21(29)25-18-10-5-9-17(23)13-18/h2-5,7-10,13,15H,6,11-12,14H2,1H3,(H,24,28)(H,25,29)/t15-/m0/s1. The topological polar surface area (TPSA) is 84.0 Å². The lowest BCUT2D eigenvalue weighted by Crippen LogP contribution is -2.27. The van der Waals surface area contributed by atoms with Crippen LogP contribution in [0.25, 0.3) is 0 Å². The van der Waals surface area contributed by atoms with Crippen molar-refractivity contribution in [3.05, 3.63) is 75.2 Å². The molecule has 0 aliphatic heterocycles. The van der Waals surface area contributed by atoms with Crippen molar-refractivity contribution in [1.82, 2.24) is 15.5 Å². The Morgan fingerprint density at radius 1 is 1.10 bits per heavy atom. The van der Waals surface area contributed by atoms with Crippen LogP contribution in [0.5, 0.6) is 0 Å². The number of hydrogen-bond acceptors (Lipinski definition) is 5. The molecule has 2 amide bonds. The van der Waals surface area contributed by atoms with Gasteiger partial charge in [-0.2, -0.15) is 0 Å². The first-order chi connectivity index (χ1) is 14.5. The van der Waals surface area contributed by atoms with Crippen LogP contribution in [-0.4, -0.2) is 28.6 Å². The number of halogens is 1. The molecule has 6 nitrogen and oxygen atoms in total. The molecule has 0 unspecified atom stereocenters. The van der Waals surface area contributed by atoms with E-state index in [0.29, 0.717) is 36.5 Å². The van der Waals surface area contributed by atoms with Gasteiger partial charge in [0.15, 0.2) is 0 Å². The molecular weight excluding hydrogens is 420 g/mol. The molecule has 0 saturated heterocycles. The van der Waals surface area contributed by atoms with E-state index in [4.69, 9.17) is 11.6 Å². The predicted molar refractivity (Wildman–Crippen MR) is 120 cm³/mol. The van der Waals surface area contributed by atoms with Crippen molar-refractivity contribution in [1.29, 1.82) is 0 Å². The van der Waals surface area contributed by atoms with Gasteiger partial charge in [-0.3, -0.25) is 9.59 Å². The highest BCUT2D eigenvalue weighted by Gasteiger charge is 2.14. The predicted octanol–water partition coefficient (Wildman–Crippen LogP) is 4.69. The molecule has 2 N–H and O–H groups in total. The Labute approximate surface area is 184 Å². The van der Waals surface area contributed by atoms with Crippen LogP contribution in [0.1, 0.15) is 46.1 Å². The molecule has 8 heteroatoms. The molecular formula is C22H23ClN4O2S. The Balaban J connectivity index is 1.39. The maximum atomic E-state index is 12.3. The van der Waals surface area contributed by atoms with Crippen LogP contribution in [0.15, 0.2) is 54.6 Å². The van der Waals surface area contributed by atoms with Gasteiger partial charge in [-0.25, -0.2) is 0 Å². The smallest absolute Gasteiger partial charge is 0.286 e. The monoisotopic (exact) mass is 442 g/mol. The Bertz CT molecular complexity index is 994. The van der Waals surface area contributed by atoms with Crippen LogP contribution in [0.4, 0.5) is 5.69 Å². The van der Waals surface area contributed by atoms with E-state index in [1.54, 1.807) is 24.3 Å². The lowest BCUT2D eigenvalue weighted by molar-refractivity contribution is -0.121. The first kappa shape index (κ1) is 21.9. The first-order valence-electron chi connectivity index (χ1n) is 9.72. The van der Waals surface area contributed by atoms with E-state index in [2.05, 4.69) is 39.9 Å². The minimum atomic E-state index is -0.325. The maximum Gasteiger partial charge on any atom is 0.286 e. The third kappa shape index (κ3) is 6.64. The number of amides is 2. The van der Waals surface area contributed by atoms with Gasteiger partial charge < -0.3 is 10.6 Å². The Kier molecular flexibility index (Phi) is 7.93. The van der Waals surface area contributed by atoms with Crippen molar-refractivity contribution in [3.63, 3.8) is 0 Å². The lowest BCUT2D eigenvalue weighted by atomic mass is 10.0. The number of carbonyl (C=O) groups excluding carboxylic acids is 2. The number of aromatic nitrogens is 2. The van der Waals surface area contributed by atoms with Gasteiger partial charge in [0.2, 0.25) is 10.9 Å². The summed E-state index contributed by atoms with van der Waals surface area (Å²) < 4.78 is 0. The van der Waals surface area contributed by atoms with Gasteiger partial charge in [0.1, 0.15) is 5.01 Å². The SMILES string of the molecule is C[C@@H](CNC(=O)CCCc1nnc(C(=O)Nc2cccc(Cl)c2)s1)c1ccccc1. The molecule has 0 spiro atoms. The zero-order chi connectivity index (χ0) is 21.3. The summed E-state index contributed by atoms with van der Waals surface area (Å²) in [6.07, 6.45) is 1.66. The van der Waals surface area contributed by atoms with Gasteiger partial charge in [-0.15, -0.1) is 10.2 Å². The van der Waals surface area contributed by atoms with E-state index in [0.717, 1.165) is 5.01 Å². The zero-order valence-electron chi connectivity index (χ0n) is 16.6. The van der Waals surface area contributed by atoms with E-state index in [9.17, 15) is 9.59 Å². The number of rotatable bonds is 9. The molecule has 0 aliphatic carbocycles. The summed E-state index contributed by atoms with van der Waals surface area (Å²) in [5, 5.41) is 15.3. The third-order valence-corrected chi connectivity index (χ3v) is 5.73. The number of hydrogen-bond donors (Lipinski definition) is 2. The highest BCUT2D eigenvalue weighted by atomic mass is 35.5. The second-order valence-electron chi connectivity index (χ2n) is 6.93. The highest BCUT2D eigenvalue weighted by Crippen LogP contribution is 2.18. The number of aryl methyl sites for hydroxylation is 1. The fourth-order valence-electron chi connectivity index (χ4n) is 2.85. The second kappa shape index (κ2) is 10.8. The molecule has 0 aliphatic rings. The average Bonchev–Trinajstić information content (AvgIpc) is 3.22. The Hall–Kier alpha value is -2.77. The molecule has 0 saturated carbocycles. The van der Waals surface area contributed by atoms with Crippen LogP contribution < -0.4 is 10.6 Å². The zero-order valence-corrected chi connectivity index (χ0v) is 18.2. The van der Waals surface area contributed by atoms with Crippen molar-refractivity contribution in [2.24, 2.45) is 0 Å². The van der Waals surface area contributed by atoms with Gasteiger partial charge in [-0.05, 0) is 36.1 Å². The number of nitrogens with one attached hydrogen (secondary N) is 2. The molecule has 1 heterocycles. The maximum absolute atomic E-state index is 12.3. The van der Waals surface area contributed by atoms with Crippen molar-refractivity contribution in [2.45, 2.75) is 32.1 Å². The van der Waals surface area contributed by atoms with Crippen molar-refractivity contribution < 1.29 is 9.59 Å². The van der Waals surface area contributed by atoms with Crippen LogP contribution in [0, 0.1) is 0 Å². The molecule has 0 radical (unpaired) electrons. The number of anilines is 1. The van der Waals surface area contributed by atoms with E-state index in [1.807, 2.05) is 18.2 Å². The molecule has 30 heavy (non-hydrogen) atoms. The van der Waals surface area contributed by atoms with E-state index in [1.165, 1.54) is 16.9 Å². The second-order valence-corrected chi connectivity index (χ2v) is 8.43. The Morgan fingerprint density at radius 2 is 1.90 bits per heavy atom. The van der Waals surface area contributed by atoms with Crippen LogP contribution >= 0.6 is 22.9 Å². The fourth-order valence-corrected chi connectivity index (χ4v) is 3.82. The minimum Gasteiger partial charge on any atom is -0.356 e. The molecule has 3 aromatic rings. The average molecular weight is 443 g/mol. The fraction of sp³-hybridized carbons (Fsp3) is 0.273. The molecule has 1 aromatic heterocycles. The van der Waals surface area contributed by atoms with E-state index >= 15 is 0 Å². The quantitative estimate of drug-likeness (QED) is 0.503. The third-order valence-electron chi connectivity index (χ3n) is 4.51. The normalized spacial score (nSPS) is 11.7. The van der Waals surface area contributed by atoms with E-state index < -0.39 is 0 Å². The molecule has 2 aromatic carbocycles. The van der Waals surface area contributed by atoms with E-state index in [-0.39, 0.29) is 22.7 Å². The van der Waals surface area contributed by atoms with Crippen molar-refractivity contribution in [2.75, 3.05) is 11.9 Å². The van der Waals surface area contributed by atoms with Crippen molar-refractivity contribution >= 4 is 40.4 Å². The van der Waals surface area contributed by atoms with Gasteiger partial charge in [0.05, 0.1) is 0 Å². The molecule has 3 rings (SSSR count). The largest absolute Gasteiger partial charge is 0.356 e. The summed E-state index contributed by atoms with van der Waals surface area (Å²) in [6.45, 7) is 2.70. The van der Waals surface area contributed by atoms with Gasteiger partial charge in [0.25, 0.3) is 5.91 Å². The summed E-state index contributed by atoms with van der Waals surface area (Å²) in [6, 6.07) is 17.0. The number of benzene rings is 2. The molecule has 0 bridgehead atoms. The van der Waals surface area contributed by atoms with Crippen molar-refractivity contribution in [3.8, 4) is 0 Å². The summed E-state index contributed by atoms with van der Waals surface area (Å²) in [5.74, 6) is -0.0474. The van der Waals surface area contributed by atoms with Gasteiger partial charge >= 0.3 is 0 Å². The van der Waals surface area contributed by atoms with Crippen LogP contribution in [0.2, 0.25) is 5.02 Å². The molecule has 1 atom stereocenters. The lowest BCUT2D eigenvalue weighted by Gasteiger charge is -2.12. The number of carbonyl (C=O) groups is 2. The van der Waals surface area contributed by atoms with Gasteiger partial charge in [0, 0.05) is 30.1 Å². The first-order valence-corrected chi connectivity index (χ1v) is 10.9. The number of nitrogens with zero attached hydrogens (tertiary/aromatic N) is 2. The molecule has 156 valence electrons. The summed E-state index contributed by atoms with van der Waals surface area (Å²) >= 11 is 7.16. The van der Waals surface area contributed by atoms with Crippen LogP contribution in [0.3, 0.4) is 0 Å². The minimum absolute atomic E-state index is 0.0150. The van der Waals surface area contributed by atoms with Crippen LogP contribution in [-0.2, 0) is 11.2 Å². The summed E-state index contributed by atoms with van der Waals surface area (Å²) in [5.41, 5.74) is 1.81. The van der Waals surface area contributed by atoms with Gasteiger partial charge in [-0.1, -0.05) is 66.3 Å². The summed E-state index contributed by atoms with van der Waals surface area (Å²) in [7, 11) is 0. The summed E-state index contributed by atoms with van der Waals surface area (Å²) in [4.78, 5) is 24.4.